The Labute approximate surface area is 117 Å². The number of benzene rings is 1. The lowest BCUT2D eigenvalue weighted by Gasteiger charge is -2.09. The van der Waals surface area contributed by atoms with E-state index in [1.165, 1.54) is 4.68 Å². The van der Waals surface area contributed by atoms with Crippen molar-refractivity contribution in [3.8, 4) is 0 Å². The van der Waals surface area contributed by atoms with Crippen LogP contribution in [-0.4, -0.2) is 22.4 Å². The van der Waals surface area contributed by atoms with E-state index in [4.69, 9.17) is 4.74 Å². The van der Waals surface area contributed by atoms with Gasteiger partial charge in [-0.3, -0.25) is 9.59 Å². The number of hydrogen-bond donors (Lipinski definition) is 0. The van der Waals surface area contributed by atoms with E-state index in [1.54, 1.807) is 13.0 Å². The van der Waals surface area contributed by atoms with Crippen LogP contribution in [-0.2, 0) is 22.5 Å². The standard InChI is InChI=1S/C15H18N2O3/c1-3-17-15(19)12-8-6-5-7-11(12)13(16-17)9-10-14(18)20-4-2/h5-8H,3-4,9-10H2,1-2H3. The van der Waals surface area contributed by atoms with Gasteiger partial charge in [0.05, 0.1) is 24.1 Å². The molecule has 5 heteroatoms. The van der Waals surface area contributed by atoms with E-state index in [0.29, 0.717) is 25.0 Å². The largest absolute Gasteiger partial charge is 0.466 e. The Balaban J connectivity index is 2.39. The molecule has 0 N–H and O–H groups in total. The van der Waals surface area contributed by atoms with E-state index < -0.39 is 0 Å². The van der Waals surface area contributed by atoms with Crippen LogP contribution in [0.5, 0.6) is 0 Å². The fraction of sp³-hybridized carbons (Fsp3) is 0.400. The van der Waals surface area contributed by atoms with Crippen LogP contribution in [0.25, 0.3) is 10.8 Å². The summed E-state index contributed by atoms with van der Waals surface area (Å²) in [4.78, 5) is 23.6. The number of aryl methyl sites for hydroxylation is 2. The van der Waals surface area contributed by atoms with Gasteiger partial charge in [0.25, 0.3) is 5.56 Å². The molecule has 0 spiro atoms. The van der Waals surface area contributed by atoms with Crippen molar-refractivity contribution in [1.29, 1.82) is 0 Å². The van der Waals surface area contributed by atoms with Crippen LogP contribution in [0.4, 0.5) is 0 Å². The number of rotatable bonds is 5. The highest BCUT2D eigenvalue weighted by atomic mass is 16.5. The summed E-state index contributed by atoms with van der Waals surface area (Å²) in [6, 6.07) is 7.36. The summed E-state index contributed by atoms with van der Waals surface area (Å²) in [5.74, 6) is -0.243. The Morgan fingerprint density at radius 1 is 1.25 bits per heavy atom. The van der Waals surface area contributed by atoms with Crippen molar-refractivity contribution in [2.75, 3.05) is 6.61 Å². The van der Waals surface area contributed by atoms with Gasteiger partial charge in [-0.15, -0.1) is 0 Å². The quantitative estimate of drug-likeness (QED) is 0.781. The van der Waals surface area contributed by atoms with Gasteiger partial charge < -0.3 is 4.74 Å². The maximum absolute atomic E-state index is 12.2. The second-order valence-electron chi connectivity index (χ2n) is 4.42. The van der Waals surface area contributed by atoms with Crippen molar-refractivity contribution in [2.24, 2.45) is 0 Å². The van der Waals surface area contributed by atoms with Crippen molar-refractivity contribution in [3.63, 3.8) is 0 Å². The molecule has 0 bridgehead atoms. The summed E-state index contributed by atoms with van der Waals surface area (Å²) in [5, 5.41) is 5.80. The molecule has 106 valence electrons. The molecule has 2 rings (SSSR count). The Morgan fingerprint density at radius 3 is 2.60 bits per heavy atom. The summed E-state index contributed by atoms with van der Waals surface area (Å²) in [6.07, 6.45) is 0.742. The van der Waals surface area contributed by atoms with E-state index in [-0.39, 0.29) is 17.9 Å². The smallest absolute Gasteiger partial charge is 0.306 e. The topological polar surface area (TPSA) is 61.2 Å². The average Bonchev–Trinajstić information content (AvgIpc) is 2.47. The van der Waals surface area contributed by atoms with Gasteiger partial charge in [0.15, 0.2) is 0 Å². The molecule has 0 atom stereocenters. The summed E-state index contributed by atoms with van der Waals surface area (Å²) >= 11 is 0. The molecule has 1 heterocycles. The molecule has 0 aliphatic heterocycles. The first kappa shape index (κ1) is 14.2. The summed E-state index contributed by atoms with van der Waals surface area (Å²) < 4.78 is 6.35. The first-order chi connectivity index (χ1) is 9.67. The Kier molecular flexibility index (Phi) is 4.50. The van der Waals surface area contributed by atoms with Gasteiger partial charge in [-0.25, -0.2) is 4.68 Å². The predicted molar refractivity (Wildman–Crippen MR) is 76.6 cm³/mol. The zero-order chi connectivity index (χ0) is 14.5. The zero-order valence-electron chi connectivity index (χ0n) is 11.8. The molecule has 0 radical (unpaired) electrons. The summed E-state index contributed by atoms with van der Waals surface area (Å²) in [5.41, 5.74) is 0.665. The van der Waals surface area contributed by atoms with Crippen LogP contribution in [0.1, 0.15) is 26.0 Å². The van der Waals surface area contributed by atoms with Crippen LogP contribution in [0.3, 0.4) is 0 Å². The monoisotopic (exact) mass is 274 g/mol. The Morgan fingerprint density at radius 2 is 1.95 bits per heavy atom. The summed E-state index contributed by atoms with van der Waals surface area (Å²) in [7, 11) is 0. The SMILES string of the molecule is CCOC(=O)CCc1nn(CC)c(=O)c2ccccc12. The molecule has 0 amide bonds. The van der Waals surface area contributed by atoms with E-state index in [0.717, 1.165) is 11.1 Å². The molecular formula is C15H18N2O3. The normalized spacial score (nSPS) is 10.7. The van der Waals surface area contributed by atoms with Crippen molar-refractivity contribution in [2.45, 2.75) is 33.2 Å². The lowest BCUT2D eigenvalue weighted by molar-refractivity contribution is -0.143. The molecule has 0 saturated carbocycles. The number of nitrogens with zero attached hydrogens (tertiary/aromatic N) is 2. The number of carbonyl (C=O) groups is 1. The van der Waals surface area contributed by atoms with Crippen LogP contribution in [0, 0.1) is 0 Å². The van der Waals surface area contributed by atoms with Crippen LogP contribution >= 0.6 is 0 Å². The van der Waals surface area contributed by atoms with Crippen LogP contribution < -0.4 is 5.56 Å². The number of hydrogen-bond acceptors (Lipinski definition) is 4. The molecule has 2 aromatic rings. The van der Waals surface area contributed by atoms with Crippen LogP contribution in [0.15, 0.2) is 29.1 Å². The second kappa shape index (κ2) is 6.32. The van der Waals surface area contributed by atoms with Crippen molar-refractivity contribution < 1.29 is 9.53 Å². The molecule has 0 unspecified atom stereocenters. The van der Waals surface area contributed by atoms with E-state index in [1.807, 2.05) is 25.1 Å². The highest BCUT2D eigenvalue weighted by molar-refractivity contribution is 5.84. The number of esters is 1. The third-order valence-electron chi connectivity index (χ3n) is 3.12. The van der Waals surface area contributed by atoms with Gasteiger partial charge in [-0.2, -0.15) is 5.10 Å². The lowest BCUT2D eigenvalue weighted by atomic mass is 10.1. The van der Waals surface area contributed by atoms with E-state index >= 15 is 0 Å². The minimum atomic E-state index is -0.243. The maximum atomic E-state index is 12.2. The molecule has 0 fully saturated rings. The van der Waals surface area contributed by atoms with Gasteiger partial charge in [0.2, 0.25) is 0 Å². The number of ether oxygens (including phenoxy) is 1. The molecule has 1 aromatic carbocycles. The van der Waals surface area contributed by atoms with Crippen LogP contribution in [0.2, 0.25) is 0 Å². The molecule has 0 aliphatic carbocycles. The average molecular weight is 274 g/mol. The van der Waals surface area contributed by atoms with Gasteiger partial charge in [0.1, 0.15) is 0 Å². The van der Waals surface area contributed by atoms with E-state index in [9.17, 15) is 9.59 Å². The lowest BCUT2D eigenvalue weighted by Crippen LogP contribution is -2.24. The highest BCUT2D eigenvalue weighted by Crippen LogP contribution is 2.14. The maximum Gasteiger partial charge on any atom is 0.306 e. The number of aromatic nitrogens is 2. The molecule has 1 aromatic heterocycles. The number of carbonyl (C=O) groups excluding carboxylic acids is 1. The minimum absolute atomic E-state index is 0.0945. The molecule has 0 aliphatic rings. The molecule has 0 saturated heterocycles. The second-order valence-corrected chi connectivity index (χ2v) is 4.42. The Bertz CT molecular complexity index is 676. The predicted octanol–water partition coefficient (Wildman–Crippen LogP) is 1.91. The van der Waals surface area contributed by atoms with Crippen molar-refractivity contribution in [3.05, 3.63) is 40.3 Å². The first-order valence-corrected chi connectivity index (χ1v) is 6.81. The first-order valence-electron chi connectivity index (χ1n) is 6.81. The van der Waals surface area contributed by atoms with Gasteiger partial charge in [-0.1, -0.05) is 18.2 Å². The van der Waals surface area contributed by atoms with Crippen molar-refractivity contribution in [1.82, 2.24) is 9.78 Å². The number of fused-ring (bicyclic) bond motifs is 1. The highest BCUT2D eigenvalue weighted by Gasteiger charge is 2.11. The minimum Gasteiger partial charge on any atom is -0.466 e. The molecule has 5 nitrogen and oxygen atoms in total. The molecular weight excluding hydrogens is 256 g/mol. The van der Waals surface area contributed by atoms with Gasteiger partial charge in [0, 0.05) is 18.4 Å². The summed E-state index contributed by atoms with van der Waals surface area (Å²) in [6.45, 7) is 4.54. The van der Waals surface area contributed by atoms with E-state index in [2.05, 4.69) is 5.10 Å². The third-order valence-corrected chi connectivity index (χ3v) is 3.12. The zero-order valence-corrected chi connectivity index (χ0v) is 11.8. The van der Waals surface area contributed by atoms with Gasteiger partial charge in [-0.05, 0) is 19.9 Å². The third kappa shape index (κ3) is 2.87. The van der Waals surface area contributed by atoms with Crippen molar-refractivity contribution >= 4 is 16.7 Å². The molecule has 20 heavy (non-hydrogen) atoms. The fourth-order valence-corrected chi connectivity index (χ4v) is 2.16. The fourth-order valence-electron chi connectivity index (χ4n) is 2.16. The van der Waals surface area contributed by atoms with Gasteiger partial charge >= 0.3 is 5.97 Å². The Hall–Kier alpha value is -2.17.